The van der Waals surface area contributed by atoms with Gasteiger partial charge in [0.2, 0.25) is 0 Å². The van der Waals surface area contributed by atoms with Crippen molar-refractivity contribution in [3.05, 3.63) is 40.6 Å². The molecule has 0 amide bonds. The lowest BCUT2D eigenvalue weighted by Gasteiger charge is -2.06. The number of nitrogens with zero attached hydrogens (tertiary/aromatic N) is 2. The fourth-order valence-electron chi connectivity index (χ4n) is 1.35. The van der Waals surface area contributed by atoms with Gasteiger partial charge in [0.15, 0.2) is 5.82 Å². The molecule has 0 saturated carbocycles. The number of ether oxygens (including phenoxy) is 1. The highest BCUT2D eigenvalue weighted by Crippen LogP contribution is 2.24. The van der Waals surface area contributed by atoms with Crippen LogP contribution >= 0.6 is 0 Å². The normalized spacial score (nSPS) is 10.2. The van der Waals surface area contributed by atoms with Gasteiger partial charge in [0.1, 0.15) is 0 Å². The van der Waals surface area contributed by atoms with Gasteiger partial charge in [-0.05, 0) is 19.1 Å². The standard InChI is InChI=1S/C11H10FN3O2/c1-2-17-11-10(12)7(5-6-13-11)8-3-4-9(16)15-14-8/h3-6H,2H2,1H3,(H,15,16). The predicted molar refractivity (Wildman–Crippen MR) is 59.2 cm³/mol. The van der Waals surface area contributed by atoms with E-state index < -0.39 is 5.82 Å². The second kappa shape index (κ2) is 4.73. The SMILES string of the molecule is CCOc1nccc(-c2ccc(=O)[nH]n2)c1F. The molecule has 0 fully saturated rings. The van der Waals surface area contributed by atoms with Crippen LogP contribution in [-0.4, -0.2) is 21.8 Å². The molecule has 88 valence electrons. The quantitative estimate of drug-likeness (QED) is 0.872. The van der Waals surface area contributed by atoms with Gasteiger partial charge in [0, 0.05) is 17.8 Å². The molecule has 17 heavy (non-hydrogen) atoms. The van der Waals surface area contributed by atoms with Crippen LogP contribution in [0, 0.1) is 5.82 Å². The van der Waals surface area contributed by atoms with Crippen LogP contribution in [0.2, 0.25) is 0 Å². The van der Waals surface area contributed by atoms with Gasteiger partial charge in [-0.3, -0.25) is 4.79 Å². The van der Waals surface area contributed by atoms with Gasteiger partial charge in [-0.25, -0.2) is 14.5 Å². The third-order valence-electron chi connectivity index (χ3n) is 2.09. The Labute approximate surface area is 96.3 Å². The number of aromatic amines is 1. The maximum atomic E-state index is 13.9. The van der Waals surface area contributed by atoms with E-state index in [1.807, 2.05) is 0 Å². The summed E-state index contributed by atoms with van der Waals surface area (Å²) in [4.78, 5) is 14.6. The van der Waals surface area contributed by atoms with Gasteiger partial charge in [-0.2, -0.15) is 5.10 Å². The first-order valence-corrected chi connectivity index (χ1v) is 5.05. The summed E-state index contributed by atoms with van der Waals surface area (Å²) in [5, 5.41) is 5.99. The van der Waals surface area contributed by atoms with Crippen molar-refractivity contribution in [3.63, 3.8) is 0 Å². The van der Waals surface area contributed by atoms with Gasteiger partial charge in [-0.1, -0.05) is 0 Å². The van der Waals surface area contributed by atoms with Crippen molar-refractivity contribution < 1.29 is 9.13 Å². The molecular formula is C11H10FN3O2. The van der Waals surface area contributed by atoms with E-state index in [1.165, 1.54) is 24.4 Å². The first-order chi connectivity index (χ1) is 8.22. The molecule has 0 aliphatic carbocycles. The molecule has 0 spiro atoms. The van der Waals surface area contributed by atoms with E-state index in [0.29, 0.717) is 12.3 Å². The van der Waals surface area contributed by atoms with Gasteiger partial charge >= 0.3 is 0 Å². The Morgan fingerprint density at radius 3 is 2.88 bits per heavy atom. The van der Waals surface area contributed by atoms with Crippen LogP contribution in [0.3, 0.4) is 0 Å². The Hall–Kier alpha value is -2.24. The number of rotatable bonds is 3. The van der Waals surface area contributed by atoms with Crippen molar-refractivity contribution in [1.82, 2.24) is 15.2 Å². The summed E-state index contributed by atoms with van der Waals surface area (Å²) in [5.41, 5.74) is 0.221. The number of hydrogen-bond donors (Lipinski definition) is 1. The first-order valence-electron chi connectivity index (χ1n) is 5.05. The zero-order valence-corrected chi connectivity index (χ0v) is 9.11. The molecule has 0 aliphatic rings. The molecule has 0 aliphatic heterocycles. The molecule has 0 radical (unpaired) electrons. The summed E-state index contributed by atoms with van der Waals surface area (Å²) in [6.07, 6.45) is 1.43. The first kappa shape index (κ1) is 11.3. The third-order valence-corrected chi connectivity index (χ3v) is 2.09. The maximum Gasteiger partial charge on any atom is 0.264 e. The summed E-state index contributed by atoms with van der Waals surface area (Å²) >= 11 is 0. The minimum absolute atomic E-state index is 0.0713. The highest BCUT2D eigenvalue weighted by atomic mass is 19.1. The monoisotopic (exact) mass is 235 g/mol. The number of halogens is 1. The number of hydrogen-bond acceptors (Lipinski definition) is 4. The molecule has 2 rings (SSSR count). The molecule has 0 saturated heterocycles. The van der Waals surface area contributed by atoms with E-state index in [9.17, 15) is 9.18 Å². The minimum atomic E-state index is -0.589. The van der Waals surface area contributed by atoms with Crippen LogP contribution in [0.1, 0.15) is 6.92 Å². The predicted octanol–water partition coefficient (Wildman–Crippen LogP) is 1.37. The molecule has 6 heteroatoms. The third kappa shape index (κ3) is 2.30. The Balaban J connectivity index is 2.48. The van der Waals surface area contributed by atoms with E-state index >= 15 is 0 Å². The molecular weight excluding hydrogens is 225 g/mol. The summed E-state index contributed by atoms with van der Waals surface area (Å²) in [5.74, 6) is -0.660. The van der Waals surface area contributed by atoms with Crippen LogP contribution < -0.4 is 10.3 Å². The van der Waals surface area contributed by atoms with Gasteiger partial charge < -0.3 is 4.74 Å². The molecule has 0 aromatic carbocycles. The lowest BCUT2D eigenvalue weighted by atomic mass is 10.2. The second-order valence-electron chi connectivity index (χ2n) is 3.22. The topological polar surface area (TPSA) is 67.9 Å². The Morgan fingerprint density at radius 2 is 2.24 bits per heavy atom. The van der Waals surface area contributed by atoms with Gasteiger partial charge in [-0.15, -0.1) is 0 Å². The second-order valence-corrected chi connectivity index (χ2v) is 3.22. The Kier molecular flexibility index (Phi) is 3.13. The average Bonchev–Trinajstić information content (AvgIpc) is 2.34. The lowest BCUT2D eigenvalue weighted by molar-refractivity contribution is 0.308. The van der Waals surface area contributed by atoms with Crippen LogP contribution in [0.15, 0.2) is 29.2 Å². The molecule has 0 unspecified atom stereocenters. The molecule has 0 atom stereocenters. The zero-order chi connectivity index (χ0) is 12.3. The van der Waals surface area contributed by atoms with Crippen molar-refractivity contribution in [2.24, 2.45) is 0 Å². The van der Waals surface area contributed by atoms with Crippen molar-refractivity contribution >= 4 is 0 Å². The van der Waals surface area contributed by atoms with Gasteiger partial charge in [0.05, 0.1) is 12.3 Å². The molecule has 2 aromatic heterocycles. The molecule has 1 N–H and O–H groups in total. The number of nitrogens with one attached hydrogen (secondary N) is 1. The van der Waals surface area contributed by atoms with Crippen molar-refractivity contribution in [2.45, 2.75) is 6.92 Å². The van der Waals surface area contributed by atoms with Crippen LogP contribution in [-0.2, 0) is 0 Å². The molecule has 0 bridgehead atoms. The largest absolute Gasteiger partial charge is 0.476 e. The smallest absolute Gasteiger partial charge is 0.264 e. The zero-order valence-electron chi connectivity index (χ0n) is 9.11. The molecule has 2 heterocycles. The van der Waals surface area contributed by atoms with E-state index in [1.54, 1.807) is 6.92 Å². The van der Waals surface area contributed by atoms with Crippen LogP contribution in [0.4, 0.5) is 4.39 Å². The van der Waals surface area contributed by atoms with Gasteiger partial charge in [0.25, 0.3) is 11.4 Å². The molecule has 2 aromatic rings. The highest BCUT2D eigenvalue weighted by Gasteiger charge is 2.13. The van der Waals surface area contributed by atoms with E-state index in [0.717, 1.165) is 0 Å². The molecule has 5 nitrogen and oxygen atoms in total. The number of H-pyrrole nitrogens is 1. The maximum absolute atomic E-state index is 13.9. The summed E-state index contributed by atoms with van der Waals surface area (Å²) in [6, 6.07) is 4.19. The fourth-order valence-corrected chi connectivity index (χ4v) is 1.35. The summed E-state index contributed by atoms with van der Waals surface area (Å²) in [6.45, 7) is 2.07. The lowest BCUT2D eigenvalue weighted by Crippen LogP contribution is -2.06. The minimum Gasteiger partial charge on any atom is -0.476 e. The highest BCUT2D eigenvalue weighted by molar-refractivity contribution is 5.60. The Morgan fingerprint density at radius 1 is 1.41 bits per heavy atom. The summed E-state index contributed by atoms with van der Waals surface area (Å²) in [7, 11) is 0. The fraction of sp³-hybridized carbons (Fsp3) is 0.182. The van der Waals surface area contributed by atoms with Crippen molar-refractivity contribution in [1.29, 1.82) is 0 Å². The average molecular weight is 235 g/mol. The number of aromatic nitrogens is 3. The van der Waals surface area contributed by atoms with Crippen LogP contribution in [0.25, 0.3) is 11.3 Å². The summed E-state index contributed by atoms with van der Waals surface area (Å²) < 4.78 is 19.0. The van der Waals surface area contributed by atoms with Crippen molar-refractivity contribution in [3.8, 4) is 17.1 Å². The van der Waals surface area contributed by atoms with Crippen LogP contribution in [0.5, 0.6) is 5.88 Å². The van der Waals surface area contributed by atoms with E-state index in [4.69, 9.17) is 4.74 Å². The Bertz CT molecular complexity index is 563. The number of pyridine rings is 1. The van der Waals surface area contributed by atoms with E-state index in [2.05, 4.69) is 15.2 Å². The van der Waals surface area contributed by atoms with E-state index in [-0.39, 0.29) is 17.0 Å². The van der Waals surface area contributed by atoms with Crippen molar-refractivity contribution in [2.75, 3.05) is 6.61 Å².